The van der Waals surface area contributed by atoms with Gasteiger partial charge in [0.2, 0.25) is 5.79 Å². The molecule has 0 aromatic rings. The molecule has 3 heteroatoms. The van der Waals surface area contributed by atoms with E-state index in [-0.39, 0.29) is 12.0 Å². The van der Waals surface area contributed by atoms with Gasteiger partial charge in [-0.3, -0.25) is 0 Å². The van der Waals surface area contributed by atoms with Crippen LogP contribution in [0, 0.1) is 5.92 Å². The van der Waals surface area contributed by atoms with Gasteiger partial charge in [-0.1, -0.05) is 0 Å². The molecular weight excluding hydrogens is 144 g/mol. The van der Waals surface area contributed by atoms with Crippen molar-refractivity contribution in [2.75, 3.05) is 0 Å². The van der Waals surface area contributed by atoms with E-state index < -0.39 is 11.9 Å². The van der Waals surface area contributed by atoms with Crippen molar-refractivity contribution in [3.8, 4) is 0 Å². The van der Waals surface area contributed by atoms with Crippen molar-refractivity contribution in [3.63, 3.8) is 0 Å². The van der Waals surface area contributed by atoms with Gasteiger partial charge in [0.1, 0.15) is 6.10 Å². The van der Waals surface area contributed by atoms with Crippen molar-refractivity contribution < 1.29 is 14.6 Å². The molecule has 0 aromatic heterocycles. The number of fused-ring (bicyclic) bond motifs is 1. The Labute approximate surface area is 65.6 Å². The Morgan fingerprint density at radius 2 is 2.36 bits per heavy atom. The molecule has 3 nitrogen and oxygen atoms in total. The second-order valence-corrected chi connectivity index (χ2v) is 3.19. The summed E-state index contributed by atoms with van der Waals surface area (Å²) in [6, 6.07) is 0. The maximum absolute atomic E-state index is 9.36. The fourth-order valence-corrected chi connectivity index (χ4v) is 1.80. The molecule has 2 rings (SSSR count). The fourth-order valence-electron chi connectivity index (χ4n) is 1.80. The lowest BCUT2D eigenvalue weighted by molar-refractivity contribution is -0.367. The summed E-state index contributed by atoms with van der Waals surface area (Å²) in [5, 5.41) is 9.36. The molecule has 0 saturated carbocycles. The number of aliphatic hydroxyl groups is 1. The number of ether oxygens (including phenoxy) is 2. The van der Waals surface area contributed by atoms with Gasteiger partial charge in [-0.15, -0.1) is 0 Å². The number of hydrogen-bond acceptors (Lipinski definition) is 3. The van der Waals surface area contributed by atoms with Gasteiger partial charge in [-0.2, -0.15) is 0 Å². The summed E-state index contributed by atoms with van der Waals surface area (Å²) in [6.45, 7) is 3.66. The van der Waals surface area contributed by atoms with Crippen LogP contribution in [-0.2, 0) is 9.47 Å². The summed E-state index contributed by atoms with van der Waals surface area (Å²) in [4.78, 5) is 0. The maximum Gasteiger partial charge on any atom is 0.244 e. The van der Waals surface area contributed by atoms with Gasteiger partial charge >= 0.3 is 0 Å². The van der Waals surface area contributed by atoms with Crippen molar-refractivity contribution in [1.82, 2.24) is 0 Å². The normalized spacial score (nSPS) is 49.4. The predicted octanol–water partition coefficient (Wildman–Crippen LogP) is 0.642. The van der Waals surface area contributed by atoms with Crippen molar-refractivity contribution in [1.29, 1.82) is 0 Å². The second-order valence-electron chi connectivity index (χ2n) is 3.19. The first-order valence-electron chi connectivity index (χ1n) is 3.87. The van der Waals surface area contributed by atoms with E-state index in [1.807, 2.05) is 13.0 Å². The van der Waals surface area contributed by atoms with Crippen molar-refractivity contribution in [2.24, 2.45) is 5.92 Å². The minimum atomic E-state index is -0.751. The molecule has 2 aliphatic rings. The van der Waals surface area contributed by atoms with Crippen LogP contribution >= 0.6 is 0 Å². The van der Waals surface area contributed by atoms with Crippen LogP contribution in [0.15, 0.2) is 12.3 Å². The summed E-state index contributed by atoms with van der Waals surface area (Å²) in [5.41, 5.74) is 0. The zero-order chi connectivity index (χ0) is 8.06. The van der Waals surface area contributed by atoms with Gasteiger partial charge in [0.05, 0.1) is 18.3 Å². The third-order valence-corrected chi connectivity index (χ3v) is 2.46. The van der Waals surface area contributed by atoms with E-state index in [0.29, 0.717) is 0 Å². The van der Waals surface area contributed by atoms with E-state index >= 15 is 0 Å². The largest absolute Gasteiger partial charge is 0.467 e. The third-order valence-electron chi connectivity index (χ3n) is 2.46. The first-order valence-corrected chi connectivity index (χ1v) is 3.87. The summed E-state index contributed by atoms with van der Waals surface area (Å²) in [6.07, 6.45) is 3.16. The molecule has 0 amide bonds. The van der Waals surface area contributed by atoms with Gasteiger partial charge in [-0.25, -0.2) is 0 Å². The average molecular weight is 156 g/mol. The lowest BCUT2D eigenvalue weighted by Gasteiger charge is -2.49. The lowest BCUT2D eigenvalue weighted by atomic mass is 9.85. The summed E-state index contributed by atoms with van der Waals surface area (Å²) >= 11 is 0. The van der Waals surface area contributed by atoms with Crippen LogP contribution in [0.5, 0.6) is 0 Å². The second kappa shape index (κ2) is 1.99. The van der Waals surface area contributed by atoms with Gasteiger partial charge in [0.25, 0.3) is 0 Å². The highest BCUT2D eigenvalue weighted by atomic mass is 16.7. The first-order chi connectivity index (χ1) is 5.17. The van der Waals surface area contributed by atoms with Crippen LogP contribution in [0.1, 0.15) is 13.8 Å². The van der Waals surface area contributed by atoms with Crippen molar-refractivity contribution in [3.05, 3.63) is 12.3 Å². The maximum atomic E-state index is 9.36. The Balaban J connectivity index is 2.18. The Morgan fingerprint density at radius 3 is 2.82 bits per heavy atom. The number of hydrogen-bond donors (Lipinski definition) is 1. The fraction of sp³-hybridized carbons (Fsp3) is 0.750. The molecule has 62 valence electrons. The zero-order valence-electron chi connectivity index (χ0n) is 6.65. The van der Waals surface area contributed by atoms with Gasteiger partial charge in [0, 0.05) is 0 Å². The smallest absolute Gasteiger partial charge is 0.244 e. The highest BCUT2D eigenvalue weighted by Crippen LogP contribution is 2.47. The van der Waals surface area contributed by atoms with Crippen LogP contribution in [0.4, 0.5) is 0 Å². The van der Waals surface area contributed by atoms with Crippen molar-refractivity contribution >= 4 is 0 Å². The Kier molecular flexibility index (Phi) is 1.29. The standard InChI is InChI=1S/C8H12O3/c1-5-7-3-4-10-8(7,11-5)6(2)9/h3-7,9H,1-2H3/t5?,6-,7?,8?/m1/s1. The van der Waals surface area contributed by atoms with Crippen molar-refractivity contribution in [2.45, 2.75) is 31.8 Å². The highest BCUT2D eigenvalue weighted by molar-refractivity contribution is 5.11. The van der Waals surface area contributed by atoms with E-state index in [9.17, 15) is 5.11 Å². The number of rotatable bonds is 1. The average Bonchev–Trinajstić information content (AvgIpc) is 2.26. The lowest BCUT2D eigenvalue weighted by Crippen LogP contribution is -2.62. The molecule has 1 fully saturated rings. The monoisotopic (exact) mass is 156 g/mol. The molecule has 0 radical (unpaired) electrons. The van der Waals surface area contributed by atoms with Crippen LogP contribution in [0.3, 0.4) is 0 Å². The van der Waals surface area contributed by atoms with Gasteiger partial charge < -0.3 is 14.6 Å². The molecule has 2 aliphatic heterocycles. The van der Waals surface area contributed by atoms with Gasteiger partial charge in [0.15, 0.2) is 0 Å². The summed E-state index contributed by atoms with van der Waals surface area (Å²) in [5.74, 6) is -0.526. The van der Waals surface area contributed by atoms with Crippen LogP contribution in [0.2, 0.25) is 0 Å². The summed E-state index contributed by atoms with van der Waals surface area (Å²) in [7, 11) is 0. The van der Waals surface area contributed by atoms with E-state index in [4.69, 9.17) is 9.47 Å². The Hall–Kier alpha value is -0.540. The molecule has 0 spiro atoms. The Bertz CT molecular complexity index is 200. The molecule has 4 atom stereocenters. The topological polar surface area (TPSA) is 38.7 Å². The Morgan fingerprint density at radius 1 is 1.64 bits per heavy atom. The molecule has 11 heavy (non-hydrogen) atoms. The van der Waals surface area contributed by atoms with E-state index in [1.165, 1.54) is 0 Å². The van der Waals surface area contributed by atoms with Crippen LogP contribution < -0.4 is 0 Å². The van der Waals surface area contributed by atoms with E-state index in [0.717, 1.165) is 0 Å². The zero-order valence-corrected chi connectivity index (χ0v) is 6.65. The minimum Gasteiger partial charge on any atom is -0.467 e. The van der Waals surface area contributed by atoms with E-state index in [2.05, 4.69) is 0 Å². The predicted molar refractivity (Wildman–Crippen MR) is 38.7 cm³/mol. The molecule has 3 unspecified atom stereocenters. The molecule has 2 heterocycles. The van der Waals surface area contributed by atoms with Crippen LogP contribution in [0.25, 0.3) is 0 Å². The summed E-state index contributed by atoms with van der Waals surface area (Å²) < 4.78 is 10.6. The van der Waals surface area contributed by atoms with Gasteiger partial charge in [-0.05, 0) is 19.9 Å². The molecule has 0 aliphatic carbocycles. The minimum absolute atomic E-state index is 0.170. The van der Waals surface area contributed by atoms with Crippen LogP contribution in [-0.4, -0.2) is 23.1 Å². The molecular formula is C8H12O3. The highest BCUT2D eigenvalue weighted by Gasteiger charge is 2.60. The quantitative estimate of drug-likeness (QED) is 0.605. The number of aliphatic hydroxyl groups excluding tert-OH is 1. The molecule has 1 saturated heterocycles. The SMILES string of the molecule is CC1OC2([C@@H](C)O)OC=CC12. The van der Waals surface area contributed by atoms with E-state index in [1.54, 1.807) is 13.2 Å². The molecule has 0 aromatic carbocycles. The molecule has 0 bridgehead atoms. The first kappa shape index (κ1) is 7.13. The third kappa shape index (κ3) is 0.698. The molecule has 1 N–H and O–H groups in total.